The number of hydrogen-bond donors (Lipinski definition) is 1. The first-order valence-corrected chi connectivity index (χ1v) is 11.9. The van der Waals surface area contributed by atoms with Crippen molar-refractivity contribution >= 4 is 15.9 Å². The van der Waals surface area contributed by atoms with E-state index in [1.54, 1.807) is 0 Å². The van der Waals surface area contributed by atoms with Crippen LogP contribution in [0.2, 0.25) is 0 Å². The van der Waals surface area contributed by atoms with Crippen molar-refractivity contribution in [3.63, 3.8) is 0 Å². The van der Waals surface area contributed by atoms with Crippen LogP contribution in [0.5, 0.6) is 0 Å². The van der Waals surface area contributed by atoms with Crippen molar-refractivity contribution in [3.05, 3.63) is 118 Å². The van der Waals surface area contributed by atoms with Crippen molar-refractivity contribution in [3.8, 4) is 0 Å². The number of ether oxygens (including phenoxy) is 3. The lowest BCUT2D eigenvalue weighted by atomic mass is 9.80. The van der Waals surface area contributed by atoms with Crippen molar-refractivity contribution in [2.75, 3.05) is 6.61 Å². The molecule has 1 aliphatic heterocycles. The molecule has 0 aromatic heterocycles. The third-order valence-corrected chi connectivity index (χ3v) is 7.31. The summed E-state index contributed by atoms with van der Waals surface area (Å²) in [6.45, 7) is 4.00. The standard InChI is InChI=1S/C28H27BrO4/c1-27(2)32-25-22(23(29)24(30)26(25)33-27)18-31-28(19-12-6-3-7-13-19,20-14-8-4-9-15-20)21-16-10-5-11-17-21/h3-17,24-26,30H,18H2,1-2H3/t24-,25+,26-/m0/s1. The topological polar surface area (TPSA) is 47.9 Å². The second kappa shape index (κ2) is 8.82. The third kappa shape index (κ3) is 3.98. The molecule has 3 atom stereocenters. The Labute approximate surface area is 202 Å². The van der Waals surface area contributed by atoms with E-state index >= 15 is 0 Å². The summed E-state index contributed by atoms with van der Waals surface area (Å²) < 4.78 is 19.7. The molecule has 1 heterocycles. The summed E-state index contributed by atoms with van der Waals surface area (Å²) in [7, 11) is 0. The highest BCUT2D eigenvalue weighted by molar-refractivity contribution is 9.11. The lowest BCUT2D eigenvalue weighted by molar-refractivity contribution is -0.153. The number of aliphatic hydroxyl groups is 1. The van der Waals surface area contributed by atoms with Gasteiger partial charge in [0.1, 0.15) is 23.9 Å². The minimum atomic E-state index is -0.845. The van der Waals surface area contributed by atoms with Gasteiger partial charge in [-0.3, -0.25) is 0 Å². The van der Waals surface area contributed by atoms with Crippen LogP contribution in [-0.2, 0) is 19.8 Å². The minimum absolute atomic E-state index is 0.261. The van der Waals surface area contributed by atoms with E-state index in [2.05, 4.69) is 52.3 Å². The Morgan fingerprint density at radius 3 is 1.73 bits per heavy atom. The molecule has 0 spiro atoms. The lowest BCUT2D eigenvalue weighted by Gasteiger charge is -2.36. The average molecular weight is 507 g/mol. The van der Waals surface area contributed by atoms with E-state index in [0.717, 1.165) is 22.3 Å². The molecule has 0 unspecified atom stereocenters. The SMILES string of the molecule is CC1(C)O[C@@H]2[C@H](O1)C(COC(c1ccccc1)(c1ccccc1)c1ccccc1)=C(Br)[C@@H]2O. The summed E-state index contributed by atoms with van der Waals surface area (Å²) >= 11 is 3.59. The number of rotatable bonds is 6. The summed E-state index contributed by atoms with van der Waals surface area (Å²) in [6.07, 6.45) is -1.60. The van der Waals surface area contributed by atoms with Crippen molar-refractivity contribution < 1.29 is 19.3 Å². The zero-order chi connectivity index (χ0) is 23.1. The van der Waals surface area contributed by atoms with Crippen LogP contribution < -0.4 is 0 Å². The average Bonchev–Trinajstić information content (AvgIpc) is 3.27. The maximum absolute atomic E-state index is 10.8. The molecule has 0 saturated carbocycles. The molecular formula is C28H27BrO4. The molecule has 5 heteroatoms. The zero-order valence-electron chi connectivity index (χ0n) is 18.6. The highest BCUT2D eigenvalue weighted by Gasteiger charge is 2.53. The van der Waals surface area contributed by atoms with E-state index in [1.165, 1.54) is 0 Å². The molecule has 5 rings (SSSR count). The van der Waals surface area contributed by atoms with Gasteiger partial charge in [0.2, 0.25) is 0 Å². The number of halogens is 1. The number of benzene rings is 3. The van der Waals surface area contributed by atoms with Crippen LogP contribution >= 0.6 is 15.9 Å². The van der Waals surface area contributed by atoms with Crippen LogP contribution in [0.4, 0.5) is 0 Å². The molecule has 0 amide bonds. The van der Waals surface area contributed by atoms with Crippen LogP contribution in [0.15, 0.2) is 101 Å². The smallest absolute Gasteiger partial charge is 0.164 e. The highest BCUT2D eigenvalue weighted by Crippen LogP contribution is 2.46. The van der Waals surface area contributed by atoms with Gasteiger partial charge in [-0.25, -0.2) is 0 Å². The van der Waals surface area contributed by atoms with E-state index in [1.807, 2.05) is 68.4 Å². The van der Waals surface area contributed by atoms with E-state index in [0.29, 0.717) is 4.48 Å². The molecule has 3 aromatic rings. The van der Waals surface area contributed by atoms with Gasteiger partial charge in [-0.15, -0.1) is 0 Å². The Balaban J connectivity index is 1.60. The second-order valence-electron chi connectivity index (χ2n) is 8.91. The molecule has 33 heavy (non-hydrogen) atoms. The molecule has 1 aliphatic carbocycles. The summed E-state index contributed by atoms with van der Waals surface area (Å²) in [5, 5.41) is 10.8. The zero-order valence-corrected chi connectivity index (χ0v) is 20.2. The molecule has 4 nitrogen and oxygen atoms in total. The van der Waals surface area contributed by atoms with E-state index in [4.69, 9.17) is 14.2 Å². The summed E-state index contributed by atoms with van der Waals surface area (Å²) in [5.41, 5.74) is 3.10. The summed E-state index contributed by atoms with van der Waals surface area (Å²) in [6, 6.07) is 30.7. The monoisotopic (exact) mass is 506 g/mol. The Bertz CT molecular complexity index is 1030. The maximum atomic E-state index is 10.8. The number of hydrogen-bond acceptors (Lipinski definition) is 4. The van der Waals surface area contributed by atoms with E-state index in [-0.39, 0.29) is 12.7 Å². The first-order valence-electron chi connectivity index (χ1n) is 11.1. The predicted octanol–water partition coefficient (Wildman–Crippen LogP) is 5.54. The van der Waals surface area contributed by atoms with E-state index in [9.17, 15) is 5.11 Å². The van der Waals surface area contributed by atoms with Gasteiger partial charge in [-0.2, -0.15) is 0 Å². The fourth-order valence-electron chi connectivity index (χ4n) is 4.87. The Morgan fingerprint density at radius 1 is 0.818 bits per heavy atom. The Kier molecular flexibility index (Phi) is 6.02. The van der Waals surface area contributed by atoms with Gasteiger partial charge in [0.15, 0.2) is 5.79 Å². The first kappa shape index (κ1) is 22.5. The molecule has 0 radical (unpaired) electrons. The van der Waals surface area contributed by atoms with Gasteiger partial charge >= 0.3 is 0 Å². The molecule has 1 fully saturated rings. The van der Waals surface area contributed by atoms with Crippen LogP contribution in [-0.4, -0.2) is 35.8 Å². The van der Waals surface area contributed by atoms with Crippen molar-refractivity contribution in [1.82, 2.24) is 0 Å². The number of fused-ring (bicyclic) bond motifs is 1. The Morgan fingerprint density at radius 2 is 1.27 bits per heavy atom. The normalized spacial score (nSPS) is 24.2. The van der Waals surface area contributed by atoms with Gasteiger partial charge < -0.3 is 19.3 Å². The van der Waals surface area contributed by atoms with E-state index < -0.39 is 23.6 Å². The summed E-state index contributed by atoms with van der Waals surface area (Å²) in [4.78, 5) is 0. The molecule has 1 N–H and O–H groups in total. The molecule has 170 valence electrons. The number of aliphatic hydroxyl groups excluding tert-OH is 1. The van der Waals surface area contributed by atoms with Crippen LogP contribution in [0, 0.1) is 0 Å². The van der Waals surface area contributed by atoms with Gasteiger partial charge in [0, 0.05) is 4.48 Å². The highest BCUT2D eigenvalue weighted by atomic mass is 79.9. The minimum Gasteiger partial charge on any atom is -0.385 e. The van der Waals surface area contributed by atoms with Crippen LogP contribution in [0.25, 0.3) is 0 Å². The molecular weight excluding hydrogens is 480 g/mol. The fraction of sp³-hybridized carbons (Fsp3) is 0.286. The Hall–Kier alpha value is -2.28. The summed E-state index contributed by atoms with van der Waals surface area (Å²) in [5.74, 6) is -0.759. The second-order valence-corrected chi connectivity index (χ2v) is 9.76. The van der Waals surface area contributed by atoms with Gasteiger partial charge in [-0.1, -0.05) is 107 Å². The fourth-order valence-corrected chi connectivity index (χ4v) is 5.47. The van der Waals surface area contributed by atoms with Crippen molar-refractivity contribution in [2.24, 2.45) is 0 Å². The molecule has 0 bridgehead atoms. The lowest BCUT2D eigenvalue weighted by Crippen LogP contribution is -2.35. The van der Waals surface area contributed by atoms with Crippen LogP contribution in [0.1, 0.15) is 30.5 Å². The molecule has 3 aromatic carbocycles. The van der Waals surface area contributed by atoms with Crippen molar-refractivity contribution in [1.29, 1.82) is 0 Å². The molecule has 1 saturated heterocycles. The van der Waals surface area contributed by atoms with Gasteiger partial charge in [-0.05, 0) is 36.1 Å². The van der Waals surface area contributed by atoms with Crippen LogP contribution in [0.3, 0.4) is 0 Å². The third-order valence-electron chi connectivity index (χ3n) is 6.34. The quantitative estimate of drug-likeness (QED) is 0.446. The molecule has 2 aliphatic rings. The maximum Gasteiger partial charge on any atom is 0.164 e. The largest absolute Gasteiger partial charge is 0.385 e. The van der Waals surface area contributed by atoms with Gasteiger partial charge in [0.05, 0.1) is 6.61 Å². The predicted molar refractivity (Wildman–Crippen MR) is 131 cm³/mol. The van der Waals surface area contributed by atoms with Crippen molar-refractivity contribution in [2.45, 2.75) is 43.5 Å². The first-order chi connectivity index (χ1) is 15.9. The van der Waals surface area contributed by atoms with Gasteiger partial charge in [0.25, 0.3) is 0 Å².